The predicted molar refractivity (Wildman–Crippen MR) is 89.5 cm³/mol. The maximum Gasteiger partial charge on any atom is 0.312 e. The lowest BCUT2D eigenvalue weighted by atomic mass is 9.64. The van der Waals surface area contributed by atoms with Crippen molar-refractivity contribution in [1.82, 2.24) is 9.88 Å². The van der Waals surface area contributed by atoms with Gasteiger partial charge in [0.1, 0.15) is 11.5 Å². The number of piperidine rings is 1. The zero-order chi connectivity index (χ0) is 17.9. The number of ether oxygens (including phenoxy) is 1. The molecule has 7 nitrogen and oxygen atoms in total. The predicted octanol–water partition coefficient (Wildman–Crippen LogP) is 1.60. The Morgan fingerprint density at radius 3 is 2.72 bits per heavy atom. The Morgan fingerprint density at radius 1 is 1.32 bits per heavy atom. The van der Waals surface area contributed by atoms with Crippen molar-refractivity contribution < 1.29 is 24.5 Å². The third-order valence-electron chi connectivity index (χ3n) is 5.83. The lowest BCUT2D eigenvalue weighted by molar-refractivity contribution is -0.169. The summed E-state index contributed by atoms with van der Waals surface area (Å²) in [5, 5.41) is 20.4. The first kappa shape index (κ1) is 16.1. The van der Waals surface area contributed by atoms with Gasteiger partial charge >= 0.3 is 11.9 Å². The summed E-state index contributed by atoms with van der Waals surface area (Å²) in [6, 6.07) is 5.24. The van der Waals surface area contributed by atoms with E-state index in [0.717, 1.165) is 22.0 Å². The van der Waals surface area contributed by atoms with Gasteiger partial charge in [-0.2, -0.15) is 0 Å². The van der Waals surface area contributed by atoms with Crippen molar-refractivity contribution in [3.8, 4) is 0 Å². The maximum absolute atomic E-state index is 12.2. The number of likely N-dealkylation sites (tertiary alicyclic amines) is 1. The van der Waals surface area contributed by atoms with Crippen LogP contribution >= 0.6 is 0 Å². The molecule has 1 aliphatic heterocycles. The molecule has 4 rings (SSSR count). The second-order valence-corrected chi connectivity index (χ2v) is 7.01. The van der Waals surface area contributed by atoms with E-state index in [1.807, 2.05) is 23.1 Å². The lowest BCUT2D eigenvalue weighted by Gasteiger charge is -2.54. The number of likely N-dealkylation sites (N-methyl/N-ethyl adjacent to an activating group) is 1. The van der Waals surface area contributed by atoms with Crippen molar-refractivity contribution in [2.75, 3.05) is 20.7 Å². The lowest BCUT2D eigenvalue weighted by Crippen LogP contribution is -2.62. The van der Waals surface area contributed by atoms with E-state index in [2.05, 4.69) is 4.98 Å². The number of hydrogen-bond acceptors (Lipinski definition) is 4. The molecule has 2 aliphatic rings. The van der Waals surface area contributed by atoms with Crippen LogP contribution in [-0.2, 0) is 19.9 Å². The van der Waals surface area contributed by atoms with Gasteiger partial charge in [-0.1, -0.05) is 12.1 Å². The van der Waals surface area contributed by atoms with Gasteiger partial charge in [0, 0.05) is 30.8 Å². The summed E-state index contributed by atoms with van der Waals surface area (Å²) in [5.74, 6) is -3.22. The number of rotatable bonds is 3. The Labute approximate surface area is 144 Å². The highest BCUT2D eigenvalue weighted by molar-refractivity contribution is 5.95. The van der Waals surface area contributed by atoms with E-state index < -0.39 is 35.4 Å². The van der Waals surface area contributed by atoms with Gasteiger partial charge < -0.3 is 19.9 Å². The first-order chi connectivity index (χ1) is 11.9. The Morgan fingerprint density at radius 2 is 2.08 bits per heavy atom. The smallest absolute Gasteiger partial charge is 0.312 e. The molecular formula is C18H20N2O5. The third-order valence-corrected chi connectivity index (χ3v) is 5.83. The molecule has 1 aliphatic carbocycles. The summed E-state index contributed by atoms with van der Waals surface area (Å²) in [6.07, 6.45) is 2.00. The average Bonchev–Trinajstić information content (AvgIpc) is 3.00. The fraction of sp³-hybridized carbons (Fsp3) is 0.444. The van der Waals surface area contributed by atoms with Gasteiger partial charge in [-0.15, -0.1) is 0 Å². The van der Waals surface area contributed by atoms with Crippen LogP contribution in [0.15, 0.2) is 24.4 Å². The maximum atomic E-state index is 12.2. The normalized spacial score (nSPS) is 31.7. The number of aliphatic carboxylic acids is 2. The molecular weight excluding hydrogens is 324 g/mol. The monoisotopic (exact) mass is 344 g/mol. The summed E-state index contributed by atoms with van der Waals surface area (Å²) in [5.41, 5.74) is 1.46. The molecule has 2 heterocycles. The van der Waals surface area contributed by atoms with Crippen molar-refractivity contribution in [3.05, 3.63) is 35.5 Å². The van der Waals surface area contributed by atoms with E-state index >= 15 is 0 Å². The minimum Gasteiger partial charge on any atom is -0.481 e. The van der Waals surface area contributed by atoms with Crippen molar-refractivity contribution in [1.29, 1.82) is 0 Å². The van der Waals surface area contributed by atoms with Crippen LogP contribution in [0.4, 0.5) is 0 Å². The highest BCUT2D eigenvalue weighted by atomic mass is 16.5. The number of carbonyl (C=O) groups is 2. The van der Waals surface area contributed by atoms with Crippen LogP contribution in [0.5, 0.6) is 0 Å². The number of carboxylic acids is 2. The molecule has 1 aromatic heterocycles. The van der Waals surface area contributed by atoms with Crippen LogP contribution < -0.4 is 0 Å². The number of nitrogens with zero attached hydrogens (tertiary/aromatic N) is 1. The van der Waals surface area contributed by atoms with Crippen molar-refractivity contribution in [3.63, 3.8) is 0 Å². The topological polar surface area (TPSA) is 103 Å². The number of carboxylic acid groups (broad SMARTS) is 2. The molecule has 0 spiro atoms. The van der Waals surface area contributed by atoms with Gasteiger partial charge in [0.2, 0.25) is 0 Å². The number of aromatic nitrogens is 1. The molecule has 4 atom stereocenters. The van der Waals surface area contributed by atoms with Gasteiger partial charge in [-0.05, 0) is 30.7 Å². The summed E-state index contributed by atoms with van der Waals surface area (Å²) in [7, 11) is 3.32. The molecule has 1 saturated heterocycles. The second-order valence-electron chi connectivity index (χ2n) is 7.01. The van der Waals surface area contributed by atoms with E-state index in [4.69, 9.17) is 4.74 Å². The first-order valence-electron chi connectivity index (χ1n) is 8.22. The average molecular weight is 344 g/mol. The Balaban J connectivity index is 2.04. The van der Waals surface area contributed by atoms with Crippen molar-refractivity contribution in [2.45, 2.75) is 24.0 Å². The summed E-state index contributed by atoms with van der Waals surface area (Å²) >= 11 is 0. The van der Waals surface area contributed by atoms with E-state index in [1.54, 1.807) is 20.4 Å². The molecule has 25 heavy (non-hydrogen) atoms. The SMILES string of the molecule is CO[C@]12CC(C(=O)O)CN(C)[C@@H]1C(C(=O)O)c1c[nH]c3cccc2c13. The van der Waals surface area contributed by atoms with E-state index in [0.29, 0.717) is 6.54 Å². The third kappa shape index (κ3) is 1.99. The number of H-pyrrole nitrogens is 1. The van der Waals surface area contributed by atoms with Crippen LogP contribution in [0.2, 0.25) is 0 Å². The number of nitrogens with one attached hydrogen (secondary N) is 1. The minimum atomic E-state index is -0.978. The largest absolute Gasteiger partial charge is 0.481 e. The highest BCUT2D eigenvalue weighted by Gasteiger charge is 2.58. The molecule has 132 valence electrons. The molecule has 1 fully saturated rings. The molecule has 3 N–H and O–H groups in total. The molecule has 1 aromatic carbocycles. The zero-order valence-electron chi connectivity index (χ0n) is 14.0. The van der Waals surface area contributed by atoms with Gasteiger partial charge in [-0.25, -0.2) is 0 Å². The molecule has 0 radical (unpaired) electrons. The van der Waals surface area contributed by atoms with Crippen LogP contribution in [-0.4, -0.2) is 58.8 Å². The van der Waals surface area contributed by atoms with Gasteiger partial charge in [0.05, 0.1) is 12.0 Å². The van der Waals surface area contributed by atoms with Crippen LogP contribution in [0.25, 0.3) is 10.9 Å². The summed E-state index contributed by atoms with van der Waals surface area (Å²) in [4.78, 5) is 28.8. The number of fused-ring (bicyclic) bond motifs is 2. The van der Waals surface area contributed by atoms with Crippen molar-refractivity contribution in [2.24, 2.45) is 5.92 Å². The zero-order valence-corrected chi connectivity index (χ0v) is 14.0. The molecule has 2 unspecified atom stereocenters. The van der Waals surface area contributed by atoms with Crippen LogP contribution in [0, 0.1) is 5.92 Å². The van der Waals surface area contributed by atoms with E-state index in [1.165, 1.54) is 0 Å². The van der Waals surface area contributed by atoms with Gasteiger partial charge in [-0.3, -0.25) is 14.5 Å². The highest BCUT2D eigenvalue weighted by Crippen LogP contribution is 2.53. The van der Waals surface area contributed by atoms with E-state index in [9.17, 15) is 19.8 Å². The van der Waals surface area contributed by atoms with Crippen LogP contribution in [0.3, 0.4) is 0 Å². The molecule has 7 heteroatoms. The quantitative estimate of drug-likeness (QED) is 0.781. The second kappa shape index (κ2) is 5.31. The standard InChI is InChI=1S/C18H20N2O5/c1-20-8-9(16(21)22)6-18(25-2)11-4-3-5-12-13(11)10(7-19-12)14(15(18)20)17(23)24/h3-5,7,9,14-15,19H,6,8H2,1-2H3,(H,21,22)(H,23,24)/t9?,14?,15-,18+/m1/s1. The summed E-state index contributed by atoms with van der Waals surface area (Å²) < 4.78 is 5.95. The molecule has 0 saturated carbocycles. The van der Waals surface area contributed by atoms with Gasteiger partial charge in [0.25, 0.3) is 0 Å². The van der Waals surface area contributed by atoms with E-state index in [-0.39, 0.29) is 6.42 Å². The number of hydrogen-bond donors (Lipinski definition) is 3. The Kier molecular flexibility index (Phi) is 3.42. The summed E-state index contributed by atoms with van der Waals surface area (Å²) in [6.45, 7) is 0.296. The van der Waals surface area contributed by atoms with Crippen LogP contribution in [0.1, 0.15) is 23.5 Å². The Bertz CT molecular complexity index is 875. The fourth-order valence-electron chi connectivity index (χ4n) is 4.89. The minimum absolute atomic E-state index is 0.251. The number of benzene rings is 1. The number of aromatic amines is 1. The first-order valence-corrected chi connectivity index (χ1v) is 8.22. The fourth-order valence-corrected chi connectivity index (χ4v) is 4.89. The molecule has 2 aromatic rings. The number of methoxy groups -OCH3 is 1. The van der Waals surface area contributed by atoms with Gasteiger partial charge in [0.15, 0.2) is 0 Å². The Hall–Kier alpha value is -2.38. The molecule has 0 bridgehead atoms. The molecule has 0 amide bonds. The van der Waals surface area contributed by atoms with Crippen molar-refractivity contribution >= 4 is 22.8 Å².